The first-order valence-electron chi connectivity index (χ1n) is 11.7. The SMILES string of the molecule is CCOC(=O)c1ccc(NC(=O)c2oc3ccccc3c2NC(=O)[C@H]2[C@H](C=C(C)C)C2(C)C)cc1. The number of allylic oxidation sites excluding steroid dienone is 2. The van der Waals surface area contributed by atoms with Gasteiger partial charge in [0.25, 0.3) is 5.91 Å². The second kappa shape index (κ2) is 9.41. The predicted molar refractivity (Wildman–Crippen MR) is 135 cm³/mol. The highest BCUT2D eigenvalue weighted by atomic mass is 16.5. The lowest BCUT2D eigenvalue weighted by molar-refractivity contribution is -0.118. The molecular formula is C28H30N2O5. The Morgan fingerprint density at radius 1 is 1.03 bits per heavy atom. The summed E-state index contributed by atoms with van der Waals surface area (Å²) in [6.07, 6.45) is 2.13. The lowest BCUT2D eigenvalue weighted by atomic mass is 10.1. The molecule has 1 aliphatic rings. The van der Waals surface area contributed by atoms with Gasteiger partial charge in [-0.25, -0.2) is 4.79 Å². The van der Waals surface area contributed by atoms with Crippen LogP contribution in [-0.2, 0) is 9.53 Å². The lowest BCUT2D eigenvalue weighted by Crippen LogP contribution is -2.20. The van der Waals surface area contributed by atoms with Gasteiger partial charge in [0.15, 0.2) is 0 Å². The quantitative estimate of drug-likeness (QED) is 0.321. The van der Waals surface area contributed by atoms with E-state index in [2.05, 4.69) is 30.6 Å². The molecule has 0 saturated heterocycles. The van der Waals surface area contributed by atoms with E-state index >= 15 is 0 Å². The van der Waals surface area contributed by atoms with Crippen LogP contribution in [-0.4, -0.2) is 24.4 Å². The van der Waals surface area contributed by atoms with E-state index in [9.17, 15) is 14.4 Å². The van der Waals surface area contributed by atoms with Crippen LogP contribution in [0.5, 0.6) is 0 Å². The van der Waals surface area contributed by atoms with Crippen molar-refractivity contribution in [2.24, 2.45) is 17.3 Å². The first-order chi connectivity index (χ1) is 16.6. The molecule has 1 saturated carbocycles. The third-order valence-corrected chi connectivity index (χ3v) is 6.41. The maximum atomic E-state index is 13.3. The van der Waals surface area contributed by atoms with E-state index in [1.54, 1.807) is 37.3 Å². The van der Waals surface area contributed by atoms with Gasteiger partial charge in [0, 0.05) is 11.1 Å². The molecule has 7 nitrogen and oxygen atoms in total. The highest BCUT2D eigenvalue weighted by Crippen LogP contribution is 2.59. The molecule has 2 N–H and O–H groups in total. The van der Waals surface area contributed by atoms with Gasteiger partial charge in [-0.1, -0.05) is 37.6 Å². The van der Waals surface area contributed by atoms with Gasteiger partial charge in [0.1, 0.15) is 11.3 Å². The molecule has 0 unspecified atom stereocenters. The van der Waals surface area contributed by atoms with Crippen molar-refractivity contribution in [3.05, 3.63) is 71.5 Å². The minimum absolute atomic E-state index is 0.0197. The summed E-state index contributed by atoms with van der Waals surface area (Å²) in [4.78, 5) is 38.3. The lowest BCUT2D eigenvalue weighted by Gasteiger charge is -2.09. The van der Waals surface area contributed by atoms with E-state index in [1.165, 1.54) is 5.57 Å². The molecule has 1 heterocycles. The minimum Gasteiger partial charge on any atom is -0.462 e. The fourth-order valence-electron chi connectivity index (χ4n) is 4.47. The first-order valence-corrected chi connectivity index (χ1v) is 11.7. The number of anilines is 2. The number of esters is 1. The zero-order valence-electron chi connectivity index (χ0n) is 20.6. The summed E-state index contributed by atoms with van der Waals surface area (Å²) < 4.78 is 10.8. The molecule has 0 bridgehead atoms. The number of benzene rings is 2. The Morgan fingerprint density at radius 2 is 1.71 bits per heavy atom. The number of nitrogens with one attached hydrogen (secondary N) is 2. The molecular weight excluding hydrogens is 444 g/mol. The molecule has 2 amide bonds. The van der Waals surface area contributed by atoms with Crippen LogP contribution < -0.4 is 10.6 Å². The van der Waals surface area contributed by atoms with Gasteiger partial charge in [-0.2, -0.15) is 0 Å². The summed E-state index contributed by atoms with van der Waals surface area (Å²) in [5.41, 5.74) is 2.73. The van der Waals surface area contributed by atoms with E-state index in [4.69, 9.17) is 9.15 Å². The second-order valence-corrected chi connectivity index (χ2v) is 9.61. The Balaban J connectivity index is 1.58. The first kappa shape index (κ1) is 24.3. The molecule has 0 spiro atoms. The smallest absolute Gasteiger partial charge is 0.338 e. The number of amides is 2. The van der Waals surface area contributed by atoms with Crippen molar-refractivity contribution in [2.45, 2.75) is 34.6 Å². The molecule has 2 atom stereocenters. The molecule has 182 valence electrons. The number of para-hydroxylation sites is 1. The molecule has 3 aromatic rings. The van der Waals surface area contributed by atoms with Crippen molar-refractivity contribution in [2.75, 3.05) is 17.2 Å². The van der Waals surface area contributed by atoms with Crippen LogP contribution in [0.1, 0.15) is 55.5 Å². The standard InChI is InChI=1S/C28H30N2O5/c1-6-34-27(33)17-11-13-18(14-12-17)29-26(32)24-23(19-9-7-8-10-21(19)35-24)30-25(31)22-20(15-16(2)3)28(22,4)5/h7-15,20,22H,6H2,1-5H3,(H,29,32)(H,30,31)/t20-,22+/m0/s1. The van der Waals surface area contributed by atoms with E-state index in [0.29, 0.717) is 27.9 Å². The van der Waals surface area contributed by atoms with Gasteiger partial charge in [-0.3, -0.25) is 9.59 Å². The molecule has 35 heavy (non-hydrogen) atoms. The minimum atomic E-state index is -0.503. The van der Waals surface area contributed by atoms with Crippen LogP contribution in [0.15, 0.2) is 64.6 Å². The van der Waals surface area contributed by atoms with Crippen LogP contribution in [0.25, 0.3) is 11.0 Å². The molecule has 7 heteroatoms. The largest absolute Gasteiger partial charge is 0.462 e. The maximum Gasteiger partial charge on any atom is 0.338 e. The number of carbonyl (C=O) groups excluding carboxylic acids is 3. The summed E-state index contributed by atoms with van der Waals surface area (Å²) in [6.45, 7) is 10.2. The Bertz CT molecular complexity index is 1310. The van der Waals surface area contributed by atoms with Crippen LogP contribution in [0.4, 0.5) is 11.4 Å². The molecule has 4 rings (SSSR count). The predicted octanol–water partition coefficient (Wildman–Crippen LogP) is 6.04. The molecule has 0 radical (unpaired) electrons. The zero-order valence-corrected chi connectivity index (χ0v) is 20.6. The van der Waals surface area contributed by atoms with Gasteiger partial charge in [-0.15, -0.1) is 0 Å². The summed E-state index contributed by atoms with van der Waals surface area (Å²) in [5, 5.41) is 6.41. The van der Waals surface area contributed by atoms with Gasteiger partial charge < -0.3 is 19.8 Å². The van der Waals surface area contributed by atoms with Crippen LogP contribution in [0.2, 0.25) is 0 Å². The molecule has 1 fully saturated rings. The highest BCUT2D eigenvalue weighted by molar-refractivity contribution is 6.15. The van der Waals surface area contributed by atoms with Crippen molar-refractivity contribution in [3.63, 3.8) is 0 Å². The summed E-state index contributed by atoms with van der Waals surface area (Å²) in [5.74, 6) is -1.11. The van der Waals surface area contributed by atoms with Crippen LogP contribution in [0, 0.1) is 17.3 Å². The van der Waals surface area contributed by atoms with Gasteiger partial charge in [0.2, 0.25) is 11.7 Å². The van der Waals surface area contributed by atoms with E-state index in [0.717, 1.165) is 0 Å². The monoisotopic (exact) mass is 474 g/mol. The van der Waals surface area contributed by atoms with Crippen molar-refractivity contribution in [1.29, 1.82) is 0 Å². The molecule has 2 aromatic carbocycles. The number of rotatable bonds is 7. The topological polar surface area (TPSA) is 97.6 Å². The Morgan fingerprint density at radius 3 is 2.37 bits per heavy atom. The van der Waals surface area contributed by atoms with Crippen LogP contribution in [0.3, 0.4) is 0 Å². The molecule has 1 aromatic heterocycles. The summed E-state index contributed by atoms with van der Waals surface area (Å²) in [7, 11) is 0. The Labute approximate surface area is 204 Å². The van der Waals surface area contributed by atoms with Crippen molar-refractivity contribution >= 4 is 40.1 Å². The Hall–Kier alpha value is -3.87. The molecule has 1 aliphatic carbocycles. The number of furan rings is 1. The summed E-state index contributed by atoms with van der Waals surface area (Å²) >= 11 is 0. The fraction of sp³-hybridized carbons (Fsp3) is 0.321. The zero-order chi connectivity index (χ0) is 25.3. The Kier molecular flexibility index (Phi) is 6.52. The number of ether oxygens (including phenoxy) is 1. The van der Waals surface area contributed by atoms with Crippen molar-refractivity contribution in [1.82, 2.24) is 0 Å². The second-order valence-electron chi connectivity index (χ2n) is 9.61. The van der Waals surface area contributed by atoms with Crippen molar-refractivity contribution in [3.8, 4) is 0 Å². The molecule has 0 aliphatic heterocycles. The van der Waals surface area contributed by atoms with Gasteiger partial charge in [-0.05, 0) is 68.5 Å². The van der Waals surface area contributed by atoms with E-state index in [1.807, 2.05) is 32.0 Å². The number of hydrogen-bond acceptors (Lipinski definition) is 5. The normalized spacial score (nSPS) is 18.0. The average Bonchev–Trinajstić information content (AvgIpc) is 3.16. The average molecular weight is 475 g/mol. The maximum absolute atomic E-state index is 13.3. The third kappa shape index (κ3) is 4.85. The van der Waals surface area contributed by atoms with Crippen molar-refractivity contribution < 1.29 is 23.5 Å². The fourth-order valence-corrected chi connectivity index (χ4v) is 4.47. The highest BCUT2D eigenvalue weighted by Gasteiger charge is 2.60. The number of hydrogen-bond donors (Lipinski definition) is 2. The summed E-state index contributed by atoms with van der Waals surface area (Å²) in [6, 6.07) is 13.6. The number of carbonyl (C=O) groups is 3. The van der Waals surface area contributed by atoms with Gasteiger partial charge >= 0.3 is 5.97 Å². The number of fused-ring (bicyclic) bond motifs is 1. The van der Waals surface area contributed by atoms with E-state index < -0.39 is 11.9 Å². The third-order valence-electron chi connectivity index (χ3n) is 6.41. The van der Waals surface area contributed by atoms with E-state index in [-0.39, 0.29) is 35.5 Å². The van der Waals surface area contributed by atoms with Crippen LogP contribution >= 0.6 is 0 Å². The van der Waals surface area contributed by atoms with Gasteiger partial charge in [0.05, 0.1) is 18.1 Å².